The Kier molecular flexibility index (Phi) is 6.64. The van der Waals surface area contributed by atoms with E-state index in [2.05, 4.69) is 5.32 Å². The summed E-state index contributed by atoms with van der Waals surface area (Å²) < 4.78 is 5.19. The van der Waals surface area contributed by atoms with Gasteiger partial charge in [-0.25, -0.2) is 5.84 Å². The highest BCUT2D eigenvalue weighted by Crippen LogP contribution is 2.01. The number of nitrogens with two attached hydrogens (primary N) is 1. The predicted molar refractivity (Wildman–Crippen MR) is 55.6 cm³/mol. The van der Waals surface area contributed by atoms with Crippen molar-refractivity contribution in [1.82, 2.24) is 10.7 Å². The van der Waals surface area contributed by atoms with Gasteiger partial charge in [-0.05, 0) is 12.8 Å². The van der Waals surface area contributed by atoms with Crippen LogP contribution in [0.3, 0.4) is 0 Å². The van der Waals surface area contributed by atoms with E-state index in [1.165, 1.54) is 0 Å². The zero-order valence-corrected chi connectivity index (χ0v) is 9.37. The normalized spacial score (nSPS) is 12.3. The van der Waals surface area contributed by atoms with Crippen molar-refractivity contribution in [2.24, 2.45) is 11.8 Å². The molecule has 0 aliphatic carbocycles. The van der Waals surface area contributed by atoms with E-state index >= 15 is 0 Å². The molecular weight excluding hydrogens is 198 g/mol. The summed E-state index contributed by atoms with van der Waals surface area (Å²) in [5.41, 5.74) is 1.77. The molecule has 0 rings (SSSR count). The number of carbonyl (C=O) groups excluding carboxylic acids is 2. The monoisotopic (exact) mass is 217 g/mol. The Bertz CT molecular complexity index is 219. The van der Waals surface area contributed by atoms with E-state index in [0.29, 0.717) is 13.2 Å². The molecule has 0 aliphatic heterocycles. The fraction of sp³-hybridized carbons (Fsp3) is 0.778. The molecule has 6 heteroatoms. The minimum Gasteiger partial charge on any atom is -0.380 e. The molecule has 0 heterocycles. The fourth-order valence-electron chi connectivity index (χ4n) is 0.945. The maximum absolute atomic E-state index is 11.2. The van der Waals surface area contributed by atoms with Gasteiger partial charge in [-0.15, -0.1) is 0 Å². The Labute approximate surface area is 89.5 Å². The fourth-order valence-corrected chi connectivity index (χ4v) is 0.945. The SMILES string of the molecule is CCOCC(NC(=O)C(=O)NN)C(C)C. The van der Waals surface area contributed by atoms with E-state index in [-0.39, 0.29) is 12.0 Å². The summed E-state index contributed by atoms with van der Waals surface area (Å²) in [4.78, 5) is 22.0. The second-order valence-electron chi connectivity index (χ2n) is 3.46. The Morgan fingerprint density at radius 1 is 1.33 bits per heavy atom. The molecule has 0 radical (unpaired) electrons. The molecule has 0 aromatic heterocycles. The van der Waals surface area contributed by atoms with Gasteiger partial charge in [0.2, 0.25) is 0 Å². The van der Waals surface area contributed by atoms with E-state index < -0.39 is 11.8 Å². The van der Waals surface area contributed by atoms with Crippen LogP contribution in [0.1, 0.15) is 20.8 Å². The smallest absolute Gasteiger partial charge is 0.323 e. The van der Waals surface area contributed by atoms with Crippen LogP contribution in [0.5, 0.6) is 0 Å². The first-order chi connectivity index (χ1) is 7.02. The van der Waals surface area contributed by atoms with Crippen molar-refractivity contribution in [2.45, 2.75) is 26.8 Å². The van der Waals surface area contributed by atoms with Gasteiger partial charge in [0.25, 0.3) is 0 Å². The zero-order valence-electron chi connectivity index (χ0n) is 9.37. The number of hydrogen-bond donors (Lipinski definition) is 3. The van der Waals surface area contributed by atoms with Crippen LogP contribution in [0.2, 0.25) is 0 Å². The van der Waals surface area contributed by atoms with Gasteiger partial charge in [-0.2, -0.15) is 0 Å². The van der Waals surface area contributed by atoms with Crippen LogP contribution in [0, 0.1) is 5.92 Å². The third-order valence-corrected chi connectivity index (χ3v) is 1.96. The second-order valence-corrected chi connectivity index (χ2v) is 3.46. The maximum atomic E-state index is 11.2. The van der Waals surface area contributed by atoms with Crippen LogP contribution in [-0.2, 0) is 14.3 Å². The first-order valence-electron chi connectivity index (χ1n) is 4.92. The van der Waals surface area contributed by atoms with Crippen molar-refractivity contribution in [1.29, 1.82) is 0 Å². The average Bonchev–Trinajstić information content (AvgIpc) is 2.22. The number of ether oxygens (including phenoxy) is 1. The average molecular weight is 217 g/mol. The molecule has 6 nitrogen and oxygen atoms in total. The van der Waals surface area contributed by atoms with Crippen LogP contribution in [0.25, 0.3) is 0 Å². The molecule has 4 N–H and O–H groups in total. The van der Waals surface area contributed by atoms with Gasteiger partial charge in [-0.1, -0.05) is 13.8 Å². The maximum Gasteiger partial charge on any atom is 0.323 e. The van der Waals surface area contributed by atoms with Crippen molar-refractivity contribution in [3.05, 3.63) is 0 Å². The molecule has 0 aliphatic rings. The first-order valence-corrected chi connectivity index (χ1v) is 4.92. The third kappa shape index (κ3) is 5.34. The third-order valence-electron chi connectivity index (χ3n) is 1.96. The molecule has 0 aromatic rings. The van der Waals surface area contributed by atoms with E-state index in [4.69, 9.17) is 10.6 Å². The lowest BCUT2D eigenvalue weighted by molar-refractivity contribution is -0.140. The van der Waals surface area contributed by atoms with Gasteiger partial charge in [0.05, 0.1) is 12.6 Å². The van der Waals surface area contributed by atoms with Crippen molar-refractivity contribution in [2.75, 3.05) is 13.2 Å². The lowest BCUT2D eigenvalue weighted by atomic mass is 10.1. The minimum absolute atomic E-state index is 0.185. The summed E-state index contributed by atoms with van der Waals surface area (Å²) >= 11 is 0. The van der Waals surface area contributed by atoms with Gasteiger partial charge < -0.3 is 10.1 Å². The minimum atomic E-state index is -0.850. The van der Waals surface area contributed by atoms with Crippen molar-refractivity contribution >= 4 is 11.8 Å². The van der Waals surface area contributed by atoms with E-state index in [1.807, 2.05) is 20.8 Å². The van der Waals surface area contributed by atoms with Crippen LogP contribution in [0.4, 0.5) is 0 Å². The highest BCUT2D eigenvalue weighted by atomic mass is 16.5. The highest BCUT2D eigenvalue weighted by molar-refractivity contribution is 6.34. The Hall–Kier alpha value is -1.14. The Balaban J connectivity index is 4.16. The molecule has 0 spiro atoms. The van der Waals surface area contributed by atoms with Crippen LogP contribution in [-0.4, -0.2) is 31.1 Å². The topological polar surface area (TPSA) is 93.4 Å². The van der Waals surface area contributed by atoms with E-state index in [9.17, 15) is 9.59 Å². The zero-order chi connectivity index (χ0) is 11.8. The molecular formula is C9H19N3O3. The predicted octanol–water partition coefficient (Wildman–Crippen LogP) is -0.846. The van der Waals surface area contributed by atoms with Crippen LogP contribution in [0.15, 0.2) is 0 Å². The number of carbonyl (C=O) groups is 2. The summed E-state index contributed by atoms with van der Waals surface area (Å²) in [6, 6.07) is -0.185. The first kappa shape index (κ1) is 13.9. The number of nitrogens with one attached hydrogen (secondary N) is 2. The standard InChI is InChI=1S/C9H19N3O3/c1-4-15-5-7(6(2)3)11-8(13)9(14)12-10/h6-7H,4-5,10H2,1-3H3,(H,11,13)(H,12,14). The van der Waals surface area contributed by atoms with Crippen LogP contribution >= 0.6 is 0 Å². The molecule has 2 amide bonds. The van der Waals surface area contributed by atoms with Crippen LogP contribution < -0.4 is 16.6 Å². The van der Waals surface area contributed by atoms with Crippen molar-refractivity contribution in [3.8, 4) is 0 Å². The lowest BCUT2D eigenvalue weighted by Gasteiger charge is -2.21. The van der Waals surface area contributed by atoms with Gasteiger partial charge in [0.15, 0.2) is 0 Å². The summed E-state index contributed by atoms with van der Waals surface area (Å²) in [7, 11) is 0. The second kappa shape index (κ2) is 7.19. The Morgan fingerprint density at radius 3 is 2.33 bits per heavy atom. The molecule has 0 saturated heterocycles. The largest absolute Gasteiger partial charge is 0.380 e. The molecule has 15 heavy (non-hydrogen) atoms. The molecule has 0 aromatic carbocycles. The lowest BCUT2D eigenvalue weighted by Crippen LogP contribution is -2.49. The number of amides is 2. The Morgan fingerprint density at radius 2 is 1.93 bits per heavy atom. The molecule has 0 saturated carbocycles. The van der Waals surface area contributed by atoms with Crippen molar-refractivity contribution in [3.63, 3.8) is 0 Å². The molecule has 0 bridgehead atoms. The number of hydrazine groups is 1. The molecule has 1 unspecified atom stereocenters. The van der Waals surface area contributed by atoms with E-state index in [0.717, 1.165) is 0 Å². The van der Waals surface area contributed by atoms with Gasteiger partial charge in [0.1, 0.15) is 0 Å². The number of hydrogen-bond acceptors (Lipinski definition) is 4. The molecule has 0 fully saturated rings. The summed E-state index contributed by atoms with van der Waals surface area (Å²) in [5, 5.41) is 2.55. The number of rotatable bonds is 5. The van der Waals surface area contributed by atoms with Gasteiger partial charge in [0, 0.05) is 6.61 Å². The van der Waals surface area contributed by atoms with Crippen molar-refractivity contribution < 1.29 is 14.3 Å². The summed E-state index contributed by atoms with van der Waals surface area (Å²) in [5.74, 6) is 3.43. The quantitative estimate of drug-likeness (QED) is 0.242. The summed E-state index contributed by atoms with van der Waals surface area (Å²) in [6.45, 7) is 6.69. The summed E-state index contributed by atoms with van der Waals surface area (Å²) in [6.07, 6.45) is 0. The van der Waals surface area contributed by atoms with Gasteiger partial charge >= 0.3 is 11.8 Å². The van der Waals surface area contributed by atoms with Gasteiger partial charge in [-0.3, -0.25) is 15.0 Å². The molecule has 1 atom stereocenters. The van der Waals surface area contributed by atoms with E-state index in [1.54, 1.807) is 5.43 Å². The molecule has 88 valence electrons. The highest BCUT2D eigenvalue weighted by Gasteiger charge is 2.20.